The van der Waals surface area contributed by atoms with Crippen molar-refractivity contribution in [3.8, 4) is 5.75 Å². The van der Waals surface area contributed by atoms with Crippen LogP contribution in [0.1, 0.15) is 55.3 Å². The Morgan fingerprint density at radius 2 is 1.96 bits per heavy atom. The highest BCUT2D eigenvalue weighted by atomic mass is 32.2. The number of amides is 1. The summed E-state index contributed by atoms with van der Waals surface area (Å²) in [6.07, 6.45) is 6.81. The molecule has 1 heterocycles. The van der Waals surface area contributed by atoms with E-state index in [2.05, 4.69) is 10.0 Å². The summed E-state index contributed by atoms with van der Waals surface area (Å²) < 4.78 is 39.3. The standard InChI is InChI=1S/C19H28N2O5S/c1-25-17-10-9-14(19(22)20-13-16-8-5-11-26-16)12-18(17)27(23,24)21-15-6-3-2-4-7-15/h9-10,12,15-16,21H,2-8,11,13H2,1H3,(H,20,22)/t16-/m1/s1. The average Bonchev–Trinajstić information content (AvgIpc) is 3.19. The van der Waals surface area contributed by atoms with Gasteiger partial charge < -0.3 is 14.8 Å². The van der Waals surface area contributed by atoms with Gasteiger partial charge in [-0.25, -0.2) is 13.1 Å². The minimum absolute atomic E-state index is 0.000315. The number of carbonyl (C=O) groups is 1. The molecule has 2 fully saturated rings. The molecule has 2 N–H and O–H groups in total. The normalized spacial score (nSPS) is 21.1. The van der Waals surface area contributed by atoms with Gasteiger partial charge in [0.05, 0.1) is 13.2 Å². The maximum atomic E-state index is 12.9. The van der Waals surface area contributed by atoms with Crippen molar-refractivity contribution >= 4 is 15.9 Å². The van der Waals surface area contributed by atoms with Crippen molar-refractivity contribution < 1.29 is 22.7 Å². The molecule has 7 nitrogen and oxygen atoms in total. The molecule has 27 heavy (non-hydrogen) atoms. The molecule has 1 atom stereocenters. The summed E-state index contributed by atoms with van der Waals surface area (Å²) >= 11 is 0. The van der Waals surface area contributed by atoms with Crippen molar-refractivity contribution in [2.45, 2.75) is 62.0 Å². The van der Waals surface area contributed by atoms with Crippen LogP contribution in [0.5, 0.6) is 5.75 Å². The van der Waals surface area contributed by atoms with Crippen LogP contribution in [0.4, 0.5) is 0 Å². The highest BCUT2D eigenvalue weighted by Crippen LogP contribution is 2.27. The predicted octanol–water partition coefficient (Wildman–Crippen LogP) is 2.21. The third-order valence-corrected chi connectivity index (χ3v) is 6.70. The molecule has 0 spiro atoms. The zero-order valence-corrected chi connectivity index (χ0v) is 16.5. The van der Waals surface area contributed by atoms with Crippen LogP contribution in [0.15, 0.2) is 23.1 Å². The quantitative estimate of drug-likeness (QED) is 0.737. The SMILES string of the molecule is COc1ccc(C(=O)NC[C@H]2CCCO2)cc1S(=O)(=O)NC1CCCCC1. The first-order chi connectivity index (χ1) is 13.0. The molecule has 1 aromatic rings. The zero-order valence-electron chi connectivity index (χ0n) is 15.7. The fourth-order valence-corrected chi connectivity index (χ4v) is 5.15. The summed E-state index contributed by atoms with van der Waals surface area (Å²) in [6, 6.07) is 4.42. The highest BCUT2D eigenvalue weighted by molar-refractivity contribution is 7.89. The Labute approximate surface area is 160 Å². The van der Waals surface area contributed by atoms with Crippen LogP contribution in [-0.2, 0) is 14.8 Å². The third-order valence-electron chi connectivity index (χ3n) is 5.16. The van der Waals surface area contributed by atoms with E-state index in [9.17, 15) is 13.2 Å². The van der Waals surface area contributed by atoms with Gasteiger partial charge in [-0.3, -0.25) is 4.79 Å². The van der Waals surface area contributed by atoms with Crippen molar-refractivity contribution in [1.82, 2.24) is 10.0 Å². The fraction of sp³-hybridized carbons (Fsp3) is 0.632. The minimum atomic E-state index is -3.77. The number of hydrogen-bond donors (Lipinski definition) is 2. The molecule has 2 aliphatic rings. The van der Waals surface area contributed by atoms with Crippen molar-refractivity contribution in [1.29, 1.82) is 0 Å². The van der Waals surface area contributed by atoms with Crippen LogP contribution in [0, 0.1) is 0 Å². The second-order valence-corrected chi connectivity index (χ2v) is 8.85. The number of sulfonamides is 1. The second-order valence-electron chi connectivity index (χ2n) is 7.17. The van der Waals surface area contributed by atoms with Gasteiger partial charge >= 0.3 is 0 Å². The molecule has 3 rings (SSSR count). The number of benzene rings is 1. The maximum Gasteiger partial charge on any atom is 0.251 e. The van der Waals surface area contributed by atoms with Gasteiger partial charge in [-0.05, 0) is 43.9 Å². The lowest BCUT2D eigenvalue weighted by Gasteiger charge is -2.23. The largest absolute Gasteiger partial charge is 0.495 e. The molecule has 0 radical (unpaired) electrons. The van der Waals surface area contributed by atoms with Crippen LogP contribution < -0.4 is 14.8 Å². The number of carbonyl (C=O) groups excluding carboxylic acids is 1. The first kappa shape index (κ1) is 20.1. The van der Waals surface area contributed by atoms with Gasteiger partial charge in [0.1, 0.15) is 10.6 Å². The molecule has 1 aliphatic heterocycles. The lowest BCUT2D eigenvalue weighted by Crippen LogP contribution is -2.36. The monoisotopic (exact) mass is 396 g/mol. The number of methoxy groups -OCH3 is 1. The van der Waals surface area contributed by atoms with E-state index in [0.29, 0.717) is 6.54 Å². The lowest BCUT2D eigenvalue weighted by molar-refractivity contribution is 0.0857. The molecule has 1 aliphatic carbocycles. The van der Waals surface area contributed by atoms with Crippen LogP contribution in [0.25, 0.3) is 0 Å². The van der Waals surface area contributed by atoms with Crippen molar-refractivity contribution in [2.24, 2.45) is 0 Å². The van der Waals surface area contributed by atoms with Crippen molar-refractivity contribution in [3.63, 3.8) is 0 Å². The van der Waals surface area contributed by atoms with Crippen LogP contribution in [-0.4, -0.2) is 46.7 Å². The van der Waals surface area contributed by atoms with Gasteiger partial charge in [0.15, 0.2) is 0 Å². The summed E-state index contributed by atoms with van der Waals surface area (Å²) in [5, 5.41) is 2.82. The average molecular weight is 397 g/mol. The molecule has 0 bridgehead atoms. The Balaban J connectivity index is 1.74. The van der Waals surface area contributed by atoms with Gasteiger partial charge in [0.25, 0.3) is 5.91 Å². The van der Waals surface area contributed by atoms with Gasteiger partial charge in [-0.1, -0.05) is 19.3 Å². The van der Waals surface area contributed by atoms with Gasteiger partial charge in [0, 0.05) is 24.8 Å². The van der Waals surface area contributed by atoms with E-state index < -0.39 is 10.0 Å². The summed E-state index contributed by atoms with van der Waals surface area (Å²) in [5.74, 6) is -0.0868. The highest BCUT2D eigenvalue weighted by Gasteiger charge is 2.26. The van der Waals surface area contributed by atoms with Crippen LogP contribution >= 0.6 is 0 Å². The molecule has 1 saturated heterocycles. The summed E-state index contributed by atoms with van der Waals surface area (Å²) in [4.78, 5) is 12.4. The van der Waals surface area contributed by atoms with Crippen molar-refractivity contribution in [2.75, 3.05) is 20.3 Å². The van der Waals surface area contributed by atoms with E-state index >= 15 is 0 Å². The molecule has 1 amide bonds. The lowest BCUT2D eigenvalue weighted by atomic mass is 9.96. The topological polar surface area (TPSA) is 93.7 Å². The van der Waals surface area contributed by atoms with Gasteiger partial charge in [-0.15, -0.1) is 0 Å². The van der Waals surface area contributed by atoms with E-state index in [-0.39, 0.29) is 34.3 Å². The molecular formula is C19H28N2O5S. The van der Waals surface area contributed by atoms with E-state index in [0.717, 1.165) is 51.6 Å². The molecule has 150 valence electrons. The fourth-order valence-electron chi connectivity index (χ4n) is 3.65. The molecule has 0 unspecified atom stereocenters. The first-order valence-electron chi connectivity index (χ1n) is 9.60. The van der Waals surface area contributed by atoms with Crippen molar-refractivity contribution in [3.05, 3.63) is 23.8 Å². The summed E-state index contributed by atoms with van der Waals surface area (Å²) in [5.41, 5.74) is 0.290. The Hall–Kier alpha value is -1.64. The molecule has 0 aromatic heterocycles. The predicted molar refractivity (Wildman–Crippen MR) is 101 cm³/mol. The zero-order chi connectivity index (χ0) is 19.3. The number of hydrogen-bond acceptors (Lipinski definition) is 5. The van der Waals surface area contributed by atoms with E-state index in [4.69, 9.17) is 9.47 Å². The number of nitrogens with one attached hydrogen (secondary N) is 2. The molecule has 1 saturated carbocycles. The van der Waals surface area contributed by atoms with E-state index in [1.54, 1.807) is 6.07 Å². The molecule has 1 aromatic carbocycles. The van der Waals surface area contributed by atoms with E-state index in [1.807, 2.05) is 0 Å². The molecule has 8 heteroatoms. The minimum Gasteiger partial charge on any atom is -0.495 e. The summed E-state index contributed by atoms with van der Waals surface area (Å²) in [6.45, 7) is 1.14. The van der Waals surface area contributed by atoms with Crippen LogP contribution in [0.3, 0.4) is 0 Å². The smallest absolute Gasteiger partial charge is 0.251 e. The Morgan fingerprint density at radius 1 is 1.19 bits per heavy atom. The molecular weight excluding hydrogens is 368 g/mol. The van der Waals surface area contributed by atoms with E-state index in [1.165, 1.54) is 19.2 Å². The third kappa shape index (κ3) is 5.21. The summed E-state index contributed by atoms with van der Waals surface area (Å²) in [7, 11) is -2.35. The van der Waals surface area contributed by atoms with Gasteiger partial charge in [-0.2, -0.15) is 0 Å². The second kappa shape index (κ2) is 9.03. The maximum absolute atomic E-state index is 12.9. The van der Waals surface area contributed by atoms with Gasteiger partial charge in [0.2, 0.25) is 10.0 Å². The Kier molecular flexibility index (Phi) is 6.73. The van der Waals surface area contributed by atoms with Crippen LogP contribution in [0.2, 0.25) is 0 Å². The Bertz CT molecular complexity index is 753. The Morgan fingerprint density at radius 3 is 2.63 bits per heavy atom. The number of ether oxygens (including phenoxy) is 2. The number of rotatable bonds is 7. The first-order valence-corrected chi connectivity index (χ1v) is 11.1.